The van der Waals surface area contributed by atoms with Crippen molar-refractivity contribution in [3.8, 4) is 0 Å². The molecule has 3 saturated carbocycles. The van der Waals surface area contributed by atoms with Crippen LogP contribution in [0.3, 0.4) is 0 Å². The van der Waals surface area contributed by atoms with Gasteiger partial charge in [-0.1, -0.05) is 18.0 Å². The Bertz CT molecular complexity index is 743. The zero-order valence-electron chi connectivity index (χ0n) is 16.7. The van der Waals surface area contributed by atoms with Crippen molar-refractivity contribution in [1.29, 1.82) is 0 Å². The molecule has 5 heteroatoms. The van der Waals surface area contributed by atoms with E-state index >= 15 is 0 Å². The Hall–Kier alpha value is -1.36. The van der Waals surface area contributed by atoms with E-state index in [1.807, 2.05) is 0 Å². The molecule has 152 valence electrons. The van der Waals surface area contributed by atoms with Crippen molar-refractivity contribution in [3.63, 3.8) is 0 Å². The van der Waals surface area contributed by atoms with Crippen LogP contribution in [0.25, 0.3) is 0 Å². The first-order chi connectivity index (χ1) is 13.7. The molecule has 5 fully saturated rings. The Labute approximate surface area is 166 Å². The van der Waals surface area contributed by atoms with Crippen LogP contribution < -0.4 is 5.32 Å². The van der Waals surface area contributed by atoms with Gasteiger partial charge in [0.05, 0.1) is 0 Å². The maximum Gasteiger partial charge on any atom is 0.344 e. The highest BCUT2D eigenvalue weighted by molar-refractivity contribution is 5.92. The predicted molar refractivity (Wildman–Crippen MR) is 104 cm³/mol. The molecule has 3 heterocycles. The highest BCUT2D eigenvalue weighted by Gasteiger charge is 2.43. The van der Waals surface area contributed by atoms with Gasteiger partial charge >= 0.3 is 5.97 Å². The number of esters is 1. The van der Waals surface area contributed by atoms with E-state index in [4.69, 9.17) is 9.26 Å². The van der Waals surface area contributed by atoms with Gasteiger partial charge in [-0.2, -0.15) is 0 Å². The summed E-state index contributed by atoms with van der Waals surface area (Å²) >= 11 is 0. The largest absolute Gasteiger partial charge is 0.459 e. The number of hydrogen-bond donors (Lipinski definition) is 1. The lowest BCUT2D eigenvalue weighted by Crippen LogP contribution is -2.42. The fourth-order valence-electron chi connectivity index (χ4n) is 6.68. The summed E-state index contributed by atoms with van der Waals surface area (Å²) in [5.74, 6) is 3.02. The van der Waals surface area contributed by atoms with Gasteiger partial charge in [-0.05, 0) is 76.0 Å². The molecule has 2 aliphatic heterocycles. The number of fused-ring (bicyclic) bond motifs is 4. The highest BCUT2D eigenvalue weighted by Crippen LogP contribution is 2.50. The summed E-state index contributed by atoms with van der Waals surface area (Å²) in [5, 5.41) is 8.15. The quantitative estimate of drug-likeness (QED) is 0.764. The van der Waals surface area contributed by atoms with E-state index in [0.29, 0.717) is 29.8 Å². The SMILES string of the molecule is O=C(OC1C[C@H]2CC[C@@H](C1)N2)c1c(C2CCC3CCCC2C3)noc1C1CC1. The number of aromatic nitrogens is 1. The molecular weight excluding hydrogens is 352 g/mol. The summed E-state index contributed by atoms with van der Waals surface area (Å²) in [6.45, 7) is 0. The first kappa shape index (κ1) is 17.5. The van der Waals surface area contributed by atoms with Crippen LogP contribution in [-0.4, -0.2) is 29.3 Å². The molecule has 2 saturated heterocycles. The zero-order chi connectivity index (χ0) is 18.7. The molecule has 1 N–H and O–H groups in total. The Balaban J connectivity index is 1.26. The zero-order valence-corrected chi connectivity index (χ0v) is 16.7. The number of nitrogens with one attached hydrogen (secondary N) is 1. The Kier molecular flexibility index (Phi) is 4.29. The van der Waals surface area contributed by atoms with E-state index in [0.717, 1.165) is 55.0 Å². The van der Waals surface area contributed by atoms with Gasteiger partial charge in [0.1, 0.15) is 17.4 Å². The third-order valence-electron chi connectivity index (χ3n) is 8.23. The molecule has 28 heavy (non-hydrogen) atoms. The Morgan fingerprint density at radius 1 is 0.964 bits per heavy atom. The Morgan fingerprint density at radius 3 is 2.57 bits per heavy atom. The second kappa shape index (κ2) is 6.86. The number of carbonyl (C=O) groups excluding carboxylic acids is 1. The van der Waals surface area contributed by atoms with E-state index in [9.17, 15) is 4.79 Å². The van der Waals surface area contributed by atoms with Crippen LogP contribution in [0.2, 0.25) is 0 Å². The number of piperidine rings is 1. The smallest absolute Gasteiger partial charge is 0.344 e. The molecule has 5 aliphatic rings. The molecule has 0 spiro atoms. The van der Waals surface area contributed by atoms with E-state index in [1.165, 1.54) is 44.9 Å². The van der Waals surface area contributed by atoms with Crippen molar-refractivity contribution in [2.75, 3.05) is 0 Å². The van der Waals surface area contributed by atoms with Crippen LogP contribution in [0.15, 0.2) is 4.52 Å². The molecule has 0 radical (unpaired) electrons. The lowest BCUT2D eigenvalue weighted by atomic mass is 9.65. The van der Waals surface area contributed by atoms with Crippen LogP contribution in [0.1, 0.15) is 111 Å². The number of nitrogens with zero attached hydrogens (tertiary/aromatic N) is 1. The monoisotopic (exact) mass is 384 g/mol. The molecule has 0 amide bonds. The van der Waals surface area contributed by atoms with Crippen molar-refractivity contribution in [3.05, 3.63) is 17.0 Å². The topological polar surface area (TPSA) is 64.4 Å². The number of carbonyl (C=O) groups is 1. The first-order valence-corrected chi connectivity index (χ1v) is 11.7. The van der Waals surface area contributed by atoms with Crippen LogP contribution in [0, 0.1) is 11.8 Å². The van der Waals surface area contributed by atoms with Crippen molar-refractivity contribution in [1.82, 2.24) is 10.5 Å². The van der Waals surface area contributed by atoms with Crippen molar-refractivity contribution < 1.29 is 14.1 Å². The van der Waals surface area contributed by atoms with Gasteiger partial charge in [0.25, 0.3) is 0 Å². The molecule has 3 aliphatic carbocycles. The lowest BCUT2D eigenvalue weighted by Gasteiger charge is -2.39. The van der Waals surface area contributed by atoms with Crippen LogP contribution in [0.4, 0.5) is 0 Å². The minimum absolute atomic E-state index is 0.0477. The van der Waals surface area contributed by atoms with E-state index < -0.39 is 0 Å². The molecule has 5 nitrogen and oxygen atoms in total. The van der Waals surface area contributed by atoms with Gasteiger partial charge < -0.3 is 14.6 Å². The molecule has 1 aromatic rings. The summed E-state index contributed by atoms with van der Waals surface area (Å²) in [7, 11) is 0. The normalized spacial score (nSPS) is 39.7. The molecule has 6 rings (SSSR count). The van der Waals surface area contributed by atoms with Gasteiger partial charge in [0, 0.05) is 23.9 Å². The van der Waals surface area contributed by atoms with Crippen molar-refractivity contribution >= 4 is 5.97 Å². The van der Waals surface area contributed by atoms with Crippen molar-refractivity contribution in [2.45, 2.75) is 107 Å². The van der Waals surface area contributed by atoms with E-state index in [-0.39, 0.29) is 12.1 Å². The standard InChI is InChI=1S/C23H32N2O3/c26-23(27-18-11-16-7-8-17(12-18)24-16)20-21(25-28-22(20)14-5-6-14)19-9-4-13-2-1-3-15(19)10-13/h13-19,24H,1-12H2/t13?,15?,16-,17+,18?,19?. The minimum atomic E-state index is -0.151. The van der Waals surface area contributed by atoms with E-state index in [2.05, 4.69) is 10.5 Å². The fraction of sp³-hybridized carbons (Fsp3) is 0.826. The fourth-order valence-corrected chi connectivity index (χ4v) is 6.68. The predicted octanol–water partition coefficient (Wildman–Crippen LogP) is 4.68. The molecular formula is C23H32N2O3. The first-order valence-electron chi connectivity index (χ1n) is 11.7. The molecule has 1 aromatic heterocycles. The van der Waals surface area contributed by atoms with Gasteiger partial charge in [-0.3, -0.25) is 0 Å². The molecule has 0 aromatic carbocycles. The number of hydrogen-bond acceptors (Lipinski definition) is 5. The Morgan fingerprint density at radius 2 is 1.79 bits per heavy atom. The average molecular weight is 385 g/mol. The summed E-state index contributed by atoms with van der Waals surface area (Å²) < 4.78 is 11.9. The highest BCUT2D eigenvalue weighted by atomic mass is 16.5. The van der Waals surface area contributed by atoms with Crippen LogP contribution in [-0.2, 0) is 4.74 Å². The average Bonchev–Trinajstić information content (AvgIpc) is 3.36. The minimum Gasteiger partial charge on any atom is -0.459 e. The maximum atomic E-state index is 13.4. The van der Waals surface area contributed by atoms with E-state index in [1.54, 1.807) is 0 Å². The van der Waals surface area contributed by atoms with Crippen molar-refractivity contribution in [2.24, 2.45) is 11.8 Å². The maximum absolute atomic E-state index is 13.4. The van der Waals surface area contributed by atoms with Gasteiger partial charge in [0.2, 0.25) is 0 Å². The molecule has 4 unspecified atom stereocenters. The number of ether oxygens (including phenoxy) is 1. The summed E-state index contributed by atoms with van der Waals surface area (Å²) in [4.78, 5) is 13.4. The molecule has 4 bridgehead atoms. The van der Waals surface area contributed by atoms with Gasteiger partial charge in [-0.15, -0.1) is 0 Å². The summed E-state index contributed by atoms with van der Waals surface area (Å²) in [6, 6.07) is 1.05. The summed E-state index contributed by atoms with van der Waals surface area (Å²) in [5.41, 5.74) is 1.66. The van der Waals surface area contributed by atoms with Gasteiger partial charge in [-0.25, -0.2) is 4.79 Å². The van der Waals surface area contributed by atoms with Crippen LogP contribution in [0.5, 0.6) is 0 Å². The summed E-state index contributed by atoms with van der Waals surface area (Å²) in [6.07, 6.45) is 14.4. The van der Waals surface area contributed by atoms with Gasteiger partial charge in [0.15, 0.2) is 5.76 Å². The lowest BCUT2D eigenvalue weighted by molar-refractivity contribution is 0.0172. The molecule has 6 atom stereocenters. The second-order valence-corrected chi connectivity index (χ2v) is 10.2. The van der Waals surface area contributed by atoms with Crippen LogP contribution >= 0.6 is 0 Å². The number of rotatable bonds is 4. The third-order valence-corrected chi connectivity index (χ3v) is 8.23. The second-order valence-electron chi connectivity index (χ2n) is 10.2. The third kappa shape index (κ3) is 3.10.